The maximum atomic E-state index is 2.65. The fourth-order valence-electron chi connectivity index (χ4n) is 5.62. The van der Waals surface area contributed by atoms with Gasteiger partial charge in [-0.25, -0.2) is 0 Å². The zero-order valence-electron chi connectivity index (χ0n) is 9.79. The second-order valence-electron chi connectivity index (χ2n) is 6.64. The standard InChI is InChI=1S/C15H20/c1-14(2)13-8-12-7-10(13)9-15(12,14)11-5-3-4-6-11/h3,5,8,10-12H,4,6-7,9H2,1-2H3. The Morgan fingerprint density at radius 2 is 2.13 bits per heavy atom. The van der Waals surface area contributed by atoms with Crippen LogP contribution in [-0.4, -0.2) is 0 Å². The van der Waals surface area contributed by atoms with Gasteiger partial charge in [-0.15, -0.1) is 0 Å². The Kier molecular flexibility index (Phi) is 1.30. The van der Waals surface area contributed by atoms with E-state index in [4.69, 9.17) is 0 Å². The SMILES string of the molecule is CC1(C)C2=CC3CC2CC31C1C=CCC1. The second-order valence-corrected chi connectivity index (χ2v) is 6.64. The Morgan fingerprint density at radius 3 is 2.60 bits per heavy atom. The summed E-state index contributed by atoms with van der Waals surface area (Å²) in [6.45, 7) is 5.04. The molecular weight excluding hydrogens is 180 g/mol. The molecule has 5 rings (SSSR count). The molecule has 0 heteroatoms. The molecule has 0 aliphatic heterocycles. The van der Waals surface area contributed by atoms with Crippen molar-refractivity contribution in [2.45, 2.75) is 39.5 Å². The van der Waals surface area contributed by atoms with Gasteiger partial charge in [0.2, 0.25) is 0 Å². The fourth-order valence-corrected chi connectivity index (χ4v) is 5.62. The fraction of sp³-hybridized carbons (Fsp3) is 0.733. The highest BCUT2D eigenvalue weighted by atomic mass is 14.7. The van der Waals surface area contributed by atoms with Crippen molar-refractivity contribution in [2.75, 3.05) is 0 Å². The lowest BCUT2D eigenvalue weighted by Crippen LogP contribution is -2.40. The van der Waals surface area contributed by atoms with Gasteiger partial charge in [-0.3, -0.25) is 0 Å². The minimum atomic E-state index is 0.514. The van der Waals surface area contributed by atoms with E-state index in [9.17, 15) is 0 Å². The Balaban J connectivity index is 1.86. The van der Waals surface area contributed by atoms with Gasteiger partial charge in [0.15, 0.2) is 0 Å². The Morgan fingerprint density at radius 1 is 1.27 bits per heavy atom. The van der Waals surface area contributed by atoms with Crippen LogP contribution >= 0.6 is 0 Å². The summed E-state index contributed by atoms with van der Waals surface area (Å²) >= 11 is 0. The van der Waals surface area contributed by atoms with Crippen molar-refractivity contribution in [2.24, 2.45) is 28.6 Å². The minimum Gasteiger partial charge on any atom is -0.0882 e. The third kappa shape index (κ3) is 0.697. The van der Waals surface area contributed by atoms with E-state index in [1.54, 1.807) is 0 Å². The lowest BCUT2D eigenvalue weighted by atomic mass is 9.58. The molecule has 0 nitrogen and oxygen atoms in total. The van der Waals surface area contributed by atoms with Crippen LogP contribution in [-0.2, 0) is 0 Å². The molecule has 80 valence electrons. The Hall–Kier alpha value is -0.520. The van der Waals surface area contributed by atoms with Crippen LogP contribution in [0.1, 0.15) is 39.5 Å². The molecule has 0 radical (unpaired) electrons. The van der Waals surface area contributed by atoms with Gasteiger partial charge in [-0.2, -0.15) is 0 Å². The molecule has 4 unspecified atom stereocenters. The molecule has 0 saturated heterocycles. The third-order valence-electron chi connectivity index (χ3n) is 6.16. The van der Waals surface area contributed by atoms with Gasteiger partial charge in [0.1, 0.15) is 0 Å². The van der Waals surface area contributed by atoms with E-state index in [1.807, 2.05) is 5.57 Å². The van der Waals surface area contributed by atoms with Gasteiger partial charge in [0.05, 0.1) is 0 Å². The van der Waals surface area contributed by atoms with Crippen LogP contribution in [0, 0.1) is 28.6 Å². The minimum absolute atomic E-state index is 0.514. The number of hydrogen-bond donors (Lipinski definition) is 0. The van der Waals surface area contributed by atoms with Crippen molar-refractivity contribution in [3.63, 3.8) is 0 Å². The smallest absolute Gasteiger partial charge is 0.00739 e. The molecule has 4 bridgehead atoms. The first kappa shape index (κ1) is 8.61. The normalized spacial score (nSPS) is 53.2. The van der Waals surface area contributed by atoms with E-state index in [2.05, 4.69) is 32.1 Å². The summed E-state index contributed by atoms with van der Waals surface area (Å²) in [7, 11) is 0. The highest BCUT2D eigenvalue weighted by Gasteiger charge is 2.70. The van der Waals surface area contributed by atoms with E-state index in [-0.39, 0.29) is 0 Å². The summed E-state index contributed by atoms with van der Waals surface area (Å²) < 4.78 is 0. The van der Waals surface area contributed by atoms with Gasteiger partial charge in [0, 0.05) is 0 Å². The largest absolute Gasteiger partial charge is 0.0882 e. The Bertz CT molecular complexity index is 385. The first-order valence-electron chi connectivity index (χ1n) is 6.55. The summed E-state index contributed by atoms with van der Waals surface area (Å²) in [6, 6.07) is 0. The van der Waals surface area contributed by atoms with Gasteiger partial charge in [-0.05, 0) is 54.3 Å². The van der Waals surface area contributed by atoms with Crippen LogP contribution in [0.3, 0.4) is 0 Å². The van der Waals surface area contributed by atoms with Gasteiger partial charge in [0.25, 0.3) is 0 Å². The van der Waals surface area contributed by atoms with Crippen molar-refractivity contribution in [1.29, 1.82) is 0 Å². The molecule has 0 aromatic heterocycles. The number of hydrogen-bond acceptors (Lipinski definition) is 0. The predicted molar refractivity (Wildman–Crippen MR) is 62.4 cm³/mol. The molecule has 2 saturated carbocycles. The van der Waals surface area contributed by atoms with Crippen LogP contribution in [0.2, 0.25) is 0 Å². The summed E-state index contributed by atoms with van der Waals surface area (Å²) in [4.78, 5) is 0. The van der Waals surface area contributed by atoms with Crippen molar-refractivity contribution in [3.8, 4) is 0 Å². The van der Waals surface area contributed by atoms with Crippen LogP contribution < -0.4 is 0 Å². The molecule has 0 N–H and O–H groups in total. The maximum Gasteiger partial charge on any atom is -0.00739 e. The molecule has 2 fully saturated rings. The molecule has 0 aromatic rings. The maximum absolute atomic E-state index is 2.65. The van der Waals surface area contributed by atoms with Gasteiger partial charge < -0.3 is 0 Å². The Labute approximate surface area is 92.4 Å². The molecule has 0 spiro atoms. The molecule has 15 heavy (non-hydrogen) atoms. The topological polar surface area (TPSA) is 0 Å². The average Bonchev–Trinajstić information content (AvgIpc) is 2.92. The van der Waals surface area contributed by atoms with Crippen molar-refractivity contribution in [1.82, 2.24) is 0 Å². The van der Waals surface area contributed by atoms with E-state index in [0.717, 1.165) is 17.8 Å². The van der Waals surface area contributed by atoms with Gasteiger partial charge in [-0.1, -0.05) is 37.6 Å². The average molecular weight is 200 g/mol. The van der Waals surface area contributed by atoms with Crippen molar-refractivity contribution >= 4 is 0 Å². The summed E-state index contributed by atoms with van der Waals surface area (Å²) in [5, 5.41) is 0. The van der Waals surface area contributed by atoms with Crippen molar-refractivity contribution in [3.05, 3.63) is 23.8 Å². The van der Waals surface area contributed by atoms with Crippen LogP contribution in [0.4, 0.5) is 0 Å². The van der Waals surface area contributed by atoms with E-state index >= 15 is 0 Å². The van der Waals surface area contributed by atoms with E-state index in [0.29, 0.717) is 10.8 Å². The summed E-state index contributed by atoms with van der Waals surface area (Å²) in [6.07, 6.45) is 13.4. The van der Waals surface area contributed by atoms with Crippen LogP contribution in [0.5, 0.6) is 0 Å². The quantitative estimate of drug-likeness (QED) is 0.562. The zero-order valence-corrected chi connectivity index (χ0v) is 9.79. The molecule has 0 heterocycles. The lowest BCUT2D eigenvalue weighted by molar-refractivity contribution is 0.0585. The molecule has 0 aromatic carbocycles. The molecule has 5 aliphatic carbocycles. The second kappa shape index (κ2) is 2.26. The first-order chi connectivity index (χ1) is 7.16. The molecular formula is C15H20. The van der Waals surface area contributed by atoms with Crippen LogP contribution in [0.15, 0.2) is 23.8 Å². The van der Waals surface area contributed by atoms with Crippen molar-refractivity contribution < 1.29 is 0 Å². The van der Waals surface area contributed by atoms with E-state index < -0.39 is 0 Å². The lowest BCUT2D eigenvalue weighted by Gasteiger charge is -2.46. The molecule has 4 atom stereocenters. The third-order valence-corrected chi connectivity index (χ3v) is 6.16. The number of rotatable bonds is 1. The van der Waals surface area contributed by atoms with Gasteiger partial charge >= 0.3 is 0 Å². The zero-order chi connectivity index (χ0) is 10.3. The predicted octanol–water partition coefficient (Wildman–Crippen LogP) is 3.95. The van der Waals surface area contributed by atoms with Crippen LogP contribution in [0.25, 0.3) is 0 Å². The van der Waals surface area contributed by atoms with E-state index in [1.165, 1.54) is 25.7 Å². The summed E-state index contributed by atoms with van der Waals surface area (Å²) in [5.74, 6) is 2.79. The highest BCUT2D eigenvalue weighted by molar-refractivity contribution is 5.43. The molecule has 5 aliphatic rings. The molecule has 0 amide bonds. The highest BCUT2D eigenvalue weighted by Crippen LogP contribution is 2.78. The summed E-state index contributed by atoms with van der Waals surface area (Å²) in [5.41, 5.74) is 2.98. The first-order valence-corrected chi connectivity index (χ1v) is 6.55. The monoisotopic (exact) mass is 200 g/mol. The number of allylic oxidation sites excluding steroid dienone is 4.